The predicted octanol–water partition coefficient (Wildman–Crippen LogP) is 3.33. The third-order valence-electron chi connectivity index (χ3n) is 4.28. The molecule has 24 heavy (non-hydrogen) atoms. The van der Waals surface area contributed by atoms with Crippen molar-refractivity contribution in [3.63, 3.8) is 0 Å². The van der Waals surface area contributed by atoms with Crippen LogP contribution < -0.4 is 5.32 Å². The molecule has 0 bridgehead atoms. The summed E-state index contributed by atoms with van der Waals surface area (Å²) in [5.41, 5.74) is 2.42. The molecule has 5 nitrogen and oxygen atoms in total. The van der Waals surface area contributed by atoms with Gasteiger partial charge >= 0.3 is 5.97 Å². The van der Waals surface area contributed by atoms with Crippen molar-refractivity contribution in [3.05, 3.63) is 59.0 Å². The Labute approximate surface area is 141 Å². The summed E-state index contributed by atoms with van der Waals surface area (Å²) in [5, 5.41) is 2.99. The van der Waals surface area contributed by atoms with Gasteiger partial charge in [0.15, 0.2) is 6.10 Å². The fourth-order valence-corrected chi connectivity index (χ4v) is 3.01. The molecule has 0 saturated carbocycles. The molecule has 1 N–H and O–H groups in total. The second-order valence-electron chi connectivity index (χ2n) is 6.11. The highest BCUT2D eigenvalue weighted by atomic mass is 16.6. The number of ether oxygens (including phenoxy) is 1. The summed E-state index contributed by atoms with van der Waals surface area (Å²) in [5.74, 6) is -0.198. The van der Waals surface area contributed by atoms with Gasteiger partial charge in [0, 0.05) is 0 Å². The molecule has 0 spiro atoms. The number of fused-ring (bicyclic) bond motifs is 1. The molecule has 2 aromatic rings. The van der Waals surface area contributed by atoms with Crippen molar-refractivity contribution in [1.82, 2.24) is 5.32 Å². The summed E-state index contributed by atoms with van der Waals surface area (Å²) in [6, 6.07) is 11.3. The summed E-state index contributed by atoms with van der Waals surface area (Å²) in [6.45, 7) is 3.31. The van der Waals surface area contributed by atoms with Gasteiger partial charge in [-0.15, -0.1) is 0 Å². The summed E-state index contributed by atoms with van der Waals surface area (Å²) >= 11 is 0. The van der Waals surface area contributed by atoms with Gasteiger partial charge < -0.3 is 14.5 Å². The molecule has 3 rings (SSSR count). The Hall–Kier alpha value is -2.56. The molecular weight excluding hydrogens is 306 g/mol. The highest BCUT2D eigenvalue weighted by molar-refractivity contribution is 5.90. The maximum absolute atomic E-state index is 12.4. The van der Waals surface area contributed by atoms with E-state index in [2.05, 4.69) is 11.4 Å². The van der Waals surface area contributed by atoms with Gasteiger partial charge in [-0.1, -0.05) is 24.3 Å². The first-order chi connectivity index (χ1) is 11.5. The molecule has 1 aliphatic carbocycles. The molecule has 1 aliphatic rings. The molecule has 126 valence electrons. The molecule has 0 saturated heterocycles. The Morgan fingerprint density at radius 1 is 1.25 bits per heavy atom. The highest BCUT2D eigenvalue weighted by Crippen LogP contribution is 2.29. The second kappa shape index (κ2) is 6.91. The van der Waals surface area contributed by atoms with Crippen LogP contribution in [0.5, 0.6) is 0 Å². The average Bonchev–Trinajstić information content (AvgIpc) is 3.01. The van der Waals surface area contributed by atoms with Crippen LogP contribution >= 0.6 is 0 Å². The molecule has 1 aromatic carbocycles. The van der Waals surface area contributed by atoms with Crippen molar-refractivity contribution in [2.45, 2.75) is 45.3 Å². The topological polar surface area (TPSA) is 68.5 Å². The zero-order valence-corrected chi connectivity index (χ0v) is 13.9. The lowest BCUT2D eigenvalue weighted by Gasteiger charge is -2.27. The van der Waals surface area contributed by atoms with Crippen LogP contribution in [0.3, 0.4) is 0 Å². The lowest BCUT2D eigenvalue weighted by molar-refractivity contribution is -0.130. The number of esters is 1. The lowest BCUT2D eigenvalue weighted by atomic mass is 9.87. The quantitative estimate of drug-likeness (QED) is 0.875. The van der Waals surface area contributed by atoms with Gasteiger partial charge in [-0.3, -0.25) is 4.79 Å². The van der Waals surface area contributed by atoms with Crippen molar-refractivity contribution < 1.29 is 18.7 Å². The Balaban J connectivity index is 1.62. The minimum absolute atomic E-state index is 0.0329. The number of carbonyl (C=O) groups excluding carboxylic acids is 2. The molecule has 1 aromatic heterocycles. The number of furan rings is 1. The van der Waals surface area contributed by atoms with Crippen LogP contribution in [0.2, 0.25) is 0 Å². The molecule has 1 heterocycles. The molecule has 1 amide bonds. The third-order valence-corrected chi connectivity index (χ3v) is 4.28. The maximum atomic E-state index is 12.4. The van der Waals surface area contributed by atoms with E-state index in [1.807, 2.05) is 18.2 Å². The van der Waals surface area contributed by atoms with E-state index in [9.17, 15) is 9.59 Å². The number of hydrogen-bond acceptors (Lipinski definition) is 4. The van der Waals surface area contributed by atoms with Crippen LogP contribution in [0.4, 0.5) is 0 Å². The van der Waals surface area contributed by atoms with E-state index in [0.717, 1.165) is 24.8 Å². The lowest BCUT2D eigenvalue weighted by Crippen LogP contribution is -2.39. The highest BCUT2D eigenvalue weighted by Gasteiger charge is 2.26. The van der Waals surface area contributed by atoms with Crippen molar-refractivity contribution in [2.24, 2.45) is 0 Å². The first-order valence-corrected chi connectivity index (χ1v) is 8.20. The molecule has 0 aliphatic heterocycles. The van der Waals surface area contributed by atoms with Crippen LogP contribution in [-0.4, -0.2) is 18.0 Å². The van der Waals surface area contributed by atoms with Crippen LogP contribution in [0.1, 0.15) is 53.2 Å². The minimum Gasteiger partial charge on any atom is -0.454 e. The fraction of sp³-hybridized carbons (Fsp3) is 0.368. The zero-order chi connectivity index (χ0) is 17.1. The van der Waals surface area contributed by atoms with Crippen LogP contribution in [0, 0.1) is 6.92 Å². The zero-order valence-electron chi connectivity index (χ0n) is 13.9. The Bertz CT molecular complexity index is 749. The van der Waals surface area contributed by atoms with E-state index in [4.69, 9.17) is 9.15 Å². The Morgan fingerprint density at radius 3 is 2.79 bits per heavy atom. The normalized spacial score (nSPS) is 17.7. The van der Waals surface area contributed by atoms with Crippen molar-refractivity contribution in [2.75, 3.05) is 0 Å². The Kier molecular flexibility index (Phi) is 4.69. The summed E-state index contributed by atoms with van der Waals surface area (Å²) in [6.07, 6.45) is 2.07. The van der Waals surface area contributed by atoms with Gasteiger partial charge in [0.05, 0.1) is 6.04 Å². The number of rotatable bonds is 4. The monoisotopic (exact) mass is 327 g/mol. The van der Waals surface area contributed by atoms with Crippen molar-refractivity contribution >= 4 is 11.9 Å². The Morgan fingerprint density at radius 2 is 2.04 bits per heavy atom. The molecule has 2 atom stereocenters. The predicted molar refractivity (Wildman–Crippen MR) is 88.6 cm³/mol. The first-order valence-electron chi connectivity index (χ1n) is 8.20. The van der Waals surface area contributed by atoms with Gasteiger partial charge in [-0.2, -0.15) is 0 Å². The fourth-order valence-electron chi connectivity index (χ4n) is 3.01. The van der Waals surface area contributed by atoms with E-state index >= 15 is 0 Å². The number of carbonyl (C=O) groups is 2. The second-order valence-corrected chi connectivity index (χ2v) is 6.11. The van der Waals surface area contributed by atoms with Gasteiger partial charge in [-0.25, -0.2) is 4.79 Å². The third kappa shape index (κ3) is 3.50. The summed E-state index contributed by atoms with van der Waals surface area (Å²) in [4.78, 5) is 24.3. The molecule has 5 heteroatoms. The standard InChI is InChI=1S/C19H21NO4/c1-12-10-11-17(23-12)19(22)24-13(2)18(21)20-16-9-5-7-14-6-3-4-8-15(14)16/h3-4,6,8,10-11,13,16H,5,7,9H2,1-2H3,(H,20,21)/t13-,16+/m0/s1. The van der Waals surface area contributed by atoms with E-state index in [1.54, 1.807) is 26.0 Å². The number of amides is 1. The SMILES string of the molecule is Cc1ccc(C(=O)O[C@@H](C)C(=O)N[C@@H]2CCCc3ccccc32)o1. The molecule has 0 unspecified atom stereocenters. The smallest absolute Gasteiger partial charge is 0.375 e. The van der Waals surface area contributed by atoms with Gasteiger partial charge in [0.25, 0.3) is 5.91 Å². The van der Waals surface area contributed by atoms with E-state index in [0.29, 0.717) is 5.76 Å². The van der Waals surface area contributed by atoms with Gasteiger partial charge in [0.1, 0.15) is 5.76 Å². The summed E-state index contributed by atoms with van der Waals surface area (Å²) in [7, 11) is 0. The van der Waals surface area contributed by atoms with E-state index < -0.39 is 12.1 Å². The van der Waals surface area contributed by atoms with Crippen molar-refractivity contribution in [1.29, 1.82) is 0 Å². The number of nitrogens with one attached hydrogen (secondary N) is 1. The van der Waals surface area contributed by atoms with Gasteiger partial charge in [0.2, 0.25) is 5.76 Å². The number of hydrogen-bond donors (Lipinski definition) is 1. The molecule has 0 fully saturated rings. The van der Waals surface area contributed by atoms with Crippen LogP contribution in [0.15, 0.2) is 40.8 Å². The van der Waals surface area contributed by atoms with Gasteiger partial charge in [-0.05, 0) is 56.4 Å². The number of benzene rings is 1. The maximum Gasteiger partial charge on any atom is 0.375 e. The van der Waals surface area contributed by atoms with Crippen LogP contribution in [0.25, 0.3) is 0 Å². The largest absolute Gasteiger partial charge is 0.454 e. The molecule has 0 radical (unpaired) electrons. The average molecular weight is 327 g/mol. The van der Waals surface area contributed by atoms with E-state index in [1.165, 1.54) is 5.56 Å². The molecular formula is C19H21NO4. The minimum atomic E-state index is -0.878. The summed E-state index contributed by atoms with van der Waals surface area (Å²) < 4.78 is 10.4. The number of aryl methyl sites for hydroxylation is 2. The first kappa shape index (κ1) is 16.3. The van der Waals surface area contributed by atoms with E-state index in [-0.39, 0.29) is 17.7 Å². The van der Waals surface area contributed by atoms with Crippen molar-refractivity contribution in [3.8, 4) is 0 Å². The van der Waals surface area contributed by atoms with Crippen LogP contribution in [-0.2, 0) is 16.0 Å².